The first-order valence-electron chi connectivity index (χ1n) is 10.6. The Morgan fingerprint density at radius 1 is 1.00 bits per heavy atom. The third-order valence-electron chi connectivity index (χ3n) is 4.68. The third kappa shape index (κ3) is 12.8. The van der Waals surface area contributed by atoms with Crippen LogP contribution in [0, 0.1) is 0 Å². The second-order valence-corrected chi connectivity index (χ2v) is 7.37. The third-order valence-corrected chi connectivity index (χ3v) is 4.68. The van der Waals surface area contributed by atoms with Crippen LogP contribution in [0.5, 0.6) is 0 Å². The van der Waals surface area contributed by atoms with Gasteiger partial charge in [-0.2, -0.15) is 13.2 Å². The van der Waals surface area contributed by atoms with Crippen LogP contribution in [0.25, 0.3) is 0 Å². The Morgan fingerprint density at radius 3 is 2.27 bits per heavy atom. The van der Waals surface area contributed by atoms with Crippen LogP contribution in [0.4, 0.5) is 13.2 Å². The van der Waals surface area contributed by atoms with Crippen molar-refractivity contribution in [3.05, 3.63) is 84.0 Å². The Balaban J connectivity index is 2.32. The molecule has 8 heteroatoms. The lowest BCUT2D eigenvalue weighted by Gasteiger charge is -2.13. The van der Waals surface area contributed by atoms with Crippen molar-refractivity contribution in [2.45, 2.75) is 56.6 Å². The molecule has 1 aromatic rings. The van der Waals surface area contributed by atoms with Crippen LogP contribution in [0.2, 0.25) is 0 Å². The van der Waals surface area contributed by atoms with Gasteiger partial charge in [0, 0.05) is 6.42 Å². The van der Waals surface area contributed by atoms with Crippen molar-refractivity contribution >= 4 is 5.97 Å². The normalized spacial score (nSPS) is 15.6. The van der Waals surface area contributed by atoms with Gasteiger partial charge in [-0.3, -0.25) is 4.79 Å². The van der Waals surface area contributed by atoms with Crippen molar-refractivity contribution in [2.75, 3.05) is 7.11 Å². The first-order valence-corrected chi connectivity index (χ1v) is 10.6. The number of rotatable bonds is 13. The fraction of sp³-hybridized carbons (Fsp3) is 0.400. The van der Waals surface area contributed by atoms with E-state index in [-0.39, 0.29) is 18.8 Å². The molecule has 0 heterocycles. The predicted octanol–water partition coefficient (Wildman–Crippen LogP) is 4.29. The molecule has 3 N–H and O–H groups in total. The number of allylic oxidation sites excluding steroid dienone is 6. The molecule has 182 valence electrons. The van der Waals surface area contributed by atoms with Crippen LogP contribution in [0.3, 0.4) is 0 Å². The minimum absolute atomic E-state index is 0.183. The van der Waals surface area contributed by atoms with Crippen LogP contribution in [0.1, 0.15) is 36.8 Å². The number of aliphatic hydroxyl groups is 3. The predicted molar refractivity (Wildman–Crippen MR) is 120 cm³/mol. The quantitative estimate of drug-likeness (QED) is 0.297. The number of esters is 1. The molecule has 1 rings (SSSR count). The number of carbonyl (C=O) groups excluding carboxylic acids is 1. The van der Waals surface area contributed by atoms with Crippen LogP contribution in [-0.2, 0) is 22.1 Å². The lowest BCUT2D eigenvalue weighted by Crippen LogP contribution is -2.23. The highest BCUT2D eigenvalue weighted by Gasteiger charge is 2.30. The maximum absolute atomic E-state index is 12.7. The largest absolute Gasteiger partial charge is 0.469 e. The van der Waals surface area contributed by atoms with Gasteiger partial charge in [-0.15, -0.1) is 0 Å². The number of aliphatic hydroxyl groups excluding tert-OH is 3. The summed E-state index contributed by atoms with van der Waals surface area (Å²) < 4.78 is 42.7. The monoisotopic (exact) mass is 468 g/mol. The number of halogens is 3. The van der Waals surface area contributed by atoms with Crippen molar-refractivity contribution in [3.63, 3.8) is 0 Å². The number of aryl methyl sites for hydroxylation is 1. The molecular weight excluding hydrogens is 437 g/mol. The maximum Gasteiger partial charge on any atom is 0.416 e. The highest BCUT2D eigenvalue weighted by atomic mass is 19.4. The Hall–Kier alpha value is -2.68. The summed E-state index contributed by atoms with van der Waals surface area (Å²) in [4.78, 5) is 11.0. The molecule has 0 aliphatic heterocycles. The molecule has 3 atom stereocenters. The van der Waals surface area contributed by atoms with Crippen molar-refractivity contribution < 1.29 is 38.0 Å². The molecule has 1 aromatic carbocycles. The lowest BCUT2D eigenvalue weighted by atomic mass is 10.0. The van der Waals surface area contributed by atoms with E-state index in [1.807, 2.05) is 0 Å². The van der Waals surface area contributed by atoms with E-state index >= 15 is 0 Å². The molecule has 0 radical (unpaired) electrons. The molecule has 5 nitrogen and oxygen atoms in total. The fourth-order valence-electron chi connectivity index (χ4n) is 2.80. The van der Waals surface area contributed by atoms with E-state index in [1.54, 1.807) is 48.6 Å². The van der Waals surface area contributed by atoms with Crippen molar-refractivity contribution in [1.29, 1.82) is 0 Å². The number of benzene rings is 1. The number of hydrogen-bond acceptors (Lipinski definition) is 5. The second-order valence-electron chi connectivity index (χ2n) is 7.37. The number of alkyl halides is 3. The topological polar surface area (TPSA) is 87.0 Å². The van der Waals surface area contributed by atoms with Crippen LogP contribution >= 0.6 is 0 Å². The second kappa shape index (κ2) is 15.2. The minimum atomic E-state index is -4.38. The zero-order valence-electron chi connectivity index (χ0n) is 18.5. The Labute approximate surface area is 192 Å². The average molecular weight is 469 g/mol. The molecule has 0 fully saturated rings. The molecule has 33 heavy (non-hydrogen) atoms. The smallest absolute Gasteiger partial charge is 0.416 e. The van der Waals surface area contributed by atoms with Gasteiger partial charge >= 0.3 is 12.1 Å². The first kappa shape index (κ1) is 28.4. The molecule has 0 unspecified atom stereocenters. The Morgan fingerprint density at radius 2 is 1.64 bits per heavy atom. The highest BCUT2D eigenvalue weighted by molar-refractivity contribution is 5.68. The molecule has 0 spiro atoms. The van der Waals surface area contributed by atoms with Crippen LogP contribution in [-0.4, -0.2) is 46.7 Å². The summed E-state index contributed by atoms with van der Waals surface area (Å²) >= 11 is 0. The molecule has 0 saturated heterocycles. The van der Waals surface area contributed by atoms with Gasteiger partial charge in [0.1, 0.15) is 0 Å². The summed E-state index contributed by atoms with van der Waals surface area (Å²) in [7, 11) is 1.29. The van der Waals surface area contributed by atoms with Gasteiger partial charge in [0.15, 0.2) is 0 Å². The number of carbonyl (C=O) groups is 1. The summed E-state index contributed by atoms with van der Waals surface area (Å²) in [5.74, 6) is -0.362. The van der Waals surface area contributed by atoms with Crippen LogP contribution in [0.15, 0.2) is 72.9 Å². The maximum atomic E-state index is 12.7. The van der Waals surface area contributed by atoms with Gasteiger partial charge in [0.25, 0.3) is 0 Å². The van der Waals surface area contributed by atoms with E-state index in [0.717, 1.165) is 12.1 Å². The molecular formula is C25H31F3O5. The molecule has 0 aliphatic rings. The lowest BCUT2D eigenvalue weighted by molar-refractivity contribution is -0.141. The standard InChI is InChI=1S/C25H31F3O5/c1-33-24(32)15-9-14-23(31)22(30)13-7-5-3-2-4-6-12-21(29)17-16-19-10-8-11-20(18-19)25(26,27)28/h2-8,10-13,18,21-23,29-31H,9,14-17H2,1H3/b4-2-,5-3+,12-6+,13-7+/t21-,22+,23-/m0/s1. The van der Waals surface area contributed by atoms with E-state index < -0.39 is 30.1 Å². The fourth-order valence-corrected chi connectivity index (χ4v) is 2.80. The molecule has 0 aromatic heterocycles. The summed E-state index contributed by atoms with van der Waals surface area (Å²) in [5, 5.41) is 29.6. The number of ether oxygens (including phenoxy) is 1. The SMILES string of the molecule is COC(=O)CCC[C@H](O)[C@H](O)/C=C/C=C/C=C\C=C\[C@H](O)CCc1cccc(C(F)(F)F)c1. The molecule has 0 saturated carbocycles. The summed E-state index contributed by atoms with van der Waals surface area (Å²) in [6.45, 7) is 0. The molecule has 0 bridgehead atoms. The van der Waals surface area contributed by atoms with Gasteiger partial charge in [-0.1, -0.05) is 66.8 Å². The zero-order valence-corrected chi connectivity index (χ0v) is 18.5. The van der Waals surface area contributed by atoms with E-state index in [0.29, 0.717) is 24.8 Å². The van der Waals surface area contributed by atoms with E-state index in [9.17, 15) is 33.3 Å². The van der Waals surface area contributed by atoms with Gasteiger partial charge in [-0.25, -0.2) is 0 Å². The van der Waals surface area contributed by atoms with E-state index in [2.05, 4.69) is 4.74 Å². The van der Waals surface area contributed by atoms with Gasteiger partial charge in [0.2, 0.25) is 0 Å². The number of hydrogen-bond donors (Lipinski definition) is 3. The van der Waals surface area contributed by atoms with Crippen molar-refractivity contribution in [1.82, 2.24) is 0 Å². The Bertz CT molecular complexity index is 828. The minimum Gasteiger partial charge on any atom is -0.469 e. The summed E-state index contributed by atoms with van der Waals surface area (Å²) in [6, 6.07) is 5.06. The number of methoxy groups -OCH3 is 1. The molecule has 0 amide bonds. The van der Waals surface area contributed by atoms with Gasteiger partial charge in [-0.05, 0) is 37.3 Å². The summed E-state index contributed by atoms with van der Waals surface area (Å²) in [5.41, 5.74) is -0.187. The van der Waals surface area contributed by atoms with Gasteiger partial charge in [0.05, 0.1) is 31.0 Å². The van der Waals surface area contributed by atoms with Crippen molar-refractivity contribution in [3.8, 4) is 0 Å². The highest BCUT2D eigenvalue weighted by Crippen LogP contribution is 2.29. The average Bonchev–Trinajstić information content (AvgIpc) is 2.78. The zero-order chi connectivity index (χ0) is 24.7. The van der Waals surface area contributed by atoms with Gasteiger partial charge < -0.3 is 20.1 Å². The van der Waals surface area contributed by atoms with Crippen LogP contribution < -0.4 is 0 Å². The van der Waals surface area contributed by atoms with E-state index in [4.69, 9.17) is 0 Å². The Kier molecular flexibility index (Phi) is 13.1. The van der Waals surface area contributed by atoms with E-state index in [1.165, 1.54) is 19.3 Å². The van der Waals surface area contributed by atoms with Crippen molar-refractivity contribution in [2.24, 2.45) is 0 Å². The molecule has 0 aliphatic carbocycles. The first-order chi connectivity index (χ1) is 15.6. The summed E-state index contributed by atoms with van der Waals surface area (Å²) in [6.07, 6.45) is 7.17.